The number of anilines is 1. The molecule has 23 heavy (non-hydrogen) atoms. The maximum Gasteiger partial charge on any atom is 0.143 e. The molecule has 1 fully saturated rings. The van der Waals surface area contributed by atoms with Crippen molar-refractivity contribution in [2.24, 2.45) is 0 Å². The van der Waals surface area contributed by atoms with Gasteiger partial charge in [-0.05, 0) is 30.4 Å². The van der Waals surface area contributed by atoms with Crippen molar-refractivity contribution in [2.45, 2.75) is 18.8 Å². The van der Waals surface area contributed by atoms with Crippen LogP contribution in [0, 0.1) is 5.82 Å². The lowest BCUT2D eigenvalue weighted by Gasteiger charge is -2.34. The Morgan fingerprint density at radius 1 is 1.00 bits per heavy atom. The summed E-state index contributed by atoms with van der Waals surface area (Å²) in [4.78, 5) is 10.8. The molecule has 3 heterocycles. The molecule has 1 saturated heterocycles. The third kappa shape index (κ3) is 2.77. The first kappa shape index (κ1) is 14.1. The first-order chi connectivity index (χ1) is 11.3. The number of pyridine rings is 2. The van der Waals surface area contributed by atoms with Crippen molar-refractivity contribution in [3.63, 3.8) is 0 Å². The zero-order valence-corrected chi connectivity index (χ0v) is 12.8. The zero-order valence-electron chi connectivity index (χ0n) is 12.8. The van der Waals surface area contributed by atoms with E-state index in [9.17, 15) is 4.39 Å². The molecule has 1 aliphatic heterocycles. The number of aromatic nitrogens is 2. The molecule has 3 aromatic rings. The summed E-state index contributed by atoms with van der Waals surface area (Å²) < 4.78 is 13.3. The number of halogens is 1. The number of piperidine rings is 1. The molecule has 116 valence electrons. The van der Waals surface area contributed by atoms with Crippen LogP contribution in [0.1, 0.15) is 24.3 Å². The van der Waals surface area contributed by atoms with Gasteiger partial charge in [-0.2, -0.15) is 0 Å². The number of hydrogen-bond acceptors (Lipinski definition) is 3. The van der Waals surface area contributed by atoms with E-state index in [1.54, 1.807) is 6.20 Å². The normalized spacial score (nSPS) is 16.0. The molecular formula is C19H18FN3. The largest absolute Gasteiger partial charge is 0.370 e. The van der Waals surface area contributed by atoms with Crippen LogP contribution < -0.4 is 4.90 Å². The Balaban J connectivity index is 1.57. The lowest BCUT2D eigenvalue weighted by atomic mass is 9.89. The van der Waals surface area contributed by atoms with E-state index in [2.05, 4.69) is 45.2 Å². The fourth-order valence-corrected chi connectivity index (χ4v) is 3.43. The molecule has 0 amide bonds. The average Bonchev–Trinajstić information content (AvgIpc) is 2.62. The van der Waals surface area contributed by atoms with Gasteiger partial charge in [0.1, 0.15) is 11.3 Å². The Hall–Kier alpha value is -2.49. The lowest BCUT2D eigenvalue weighted by molar-refractivity contribution is 0.506. The second-order valence-electron chi connectivity index (χ2n) is 6.02. The van der Waals surface area contributed by atoms with Crippen molar-refractivity contribution >= 4 is 16.7 Å². The molecular weight excluding hydrogens is 289 g/mol. The Morgan fingerprint density at radius 3 is 2.57 bits per heavy atom. The van der Waals surface area contributed by atoms with Crippen molar-refractivity contribution in [3.8, 4) is 0 Å². The van der Waals surface area contributed by atoms with Crippen molar-refractivity contribution in [1.29, 1.82) is 0 Å². The summed E-state index contributed by atoms with van der Waals surface area (Å²) in [6, 6.07) is 14.1. The van der Waals surface area contributed by atoms with Crippen LogP contribution in [0.4, 0.5) is 10.1 Å². The van der Waals surface area contributed by atoms with Crippen molar-refractivity contribution in [1.82, 2.24) is 9.97 Å². The zero-order chi connectivity index (χ0) is 15.6. The average molecular weight is 307 g/mol. The summed E-state index contributed by atoms with van der Waals surface area (Å²) in [6.07, 6.45) is 5.25. The predicted octanol–water partition coefficient (Wildman–Crippen LogP) is 4.15. The van der Waals surface area contributed by atoms with Gasteiger partial charge in [0.2, 0.25) is 0 Å². The second kappa shape index (κ2) is 5.95. The van der Waals surface area contributed by atoms with Crippen LogP contribution >= 0.6 is 0 Å². The highest BCUT2D eigenvalue weighted by atomic mass is 19.1. The van der Waals surface area contributed by atoms with Crippen LogP contribution in [0.3, 0.4) is 0 Å². The summed E-state index contributed by atoms with van der Waals surface area (Å²) in [7, 11) is 0. The minimum absolute atomic E-state index is 0.343. The minimum atomic E-state index is -0.343. The summed E-state index contributed by atoms with van der Waals surface area (Å²) in [6.45, 7) is 1.97. The summed E-state index contributed by atoms with van der Waals surface area (Å²) in [5.74, 6) is 0.274. The van der Waals surface area contributed by atoms with E-state index in [0.29, 0.717) is 11.4 Å². The van der Waals surface area contributed by atoms with Crippen molar-refractivity contribution in [3.05, 3.63) is 66.2 Å². The molecule has 1 aliphatic rings. The van der Waals surface area contributed by atoms with Crippen molar-refractivity contribution in [2.75, 3.05) is 18.0 Å². The van der Waals surface area contributed by atoms with E-state index in [4.69, 9.17) is 0 Å². The molecule has 1 aromatic carbocycles. The Labute approximate surface area is 134 Å². The van der Waals surface area contributed by atoms with Crippen LogP contribution in [-0.2, 0) is 0 Å². The predicted molar refractivity (Wildman–Crippen MR) is 90.1 cm³/mol. The molecule has 0 N–H and O–H groups in total. The summed E-state index contributed by atoms with van der Waals surface area (Å²) in [5, 5.41) is 0. The molecule has 3 nitrogen and oxygen atoms in total. The third-order valence-corrected chi connectivity index (χ3v) is 4.63. The van der Waals surface area contributed by atoms with Crippen LogP contribution in [0.2, 0.25) is 0 Å². The van der Waals surface area contributed by atoms with Gasteiger partial charge < -0.3 is 4.90 Å². The van der Waals surface area contributed by atoms with E-state index < -0.39 is 0 Å². The molecule has 0 spiro atoms. The fraction of sp³-hybridized carbons (Fsp3) is 0.263. The highest BCUT2D eigenvalue weighted by Crippen LogP contribution is 2.32. The molecule has 0 aliphatic carbocycles. The number of benzene rings is 1. The Morgan fingerprint density at radius 2 is 1.78 bits per heavy atom. The number of fused-ring (bicyclic) bond motifs is 1. The van der Waals surface area contributed by atoms with Gasteiger partial charge in [-0.25, -0.2) is 9.37 Å². The van der Waals surface area contributed by atoms with E-state index in [1.165, 1.54) is 17.8 Å². The second-order valence-corrected chi connectivity index (χ2v) is 6.02. The SMILES string of the molecule is Fc1cnc2c(N3CCC(c4ccccc4)CC3)ccnc2c1. The van der Waals surface area contributed by atoms with Gasteiger partial charge in [-0.3, -0.25) is 4.98 Å². The first-order valence-electron chi connectivity index (χ1n) is 8.01. The van der Waals surface area contributed by atoms with E-state index in [0.717, 1.165) is 37.1 Å². The van der Waals surface area contributed by atoms with E-state index in [1.807, 2.05) is 6.07 Å². The first-order valence-corrected chi connectivity index (χ1v) is 8.01. The van der Waals surface area contributed by atoms with Crippen LogP contribution in [0.25, 0.3) is 11.0 Å². The molecule has 0 saturated carbocycles. The van der Waals surface area contributed by atoms with Gasteiger partial charge in [0.05, 0.1) is 17.4 Å². The highest BCUT2D eigenvalue weighted by Gasteiger charge is 2.22. The molecule has 0 atom stereocenters. The van der Waals surface area contributed by atoms with Crippen molar-refractivity contribution < 1.29 is 4.39 Å². The van der Waals surface area contributed by atoms with Crippen LogP contribution in [0.15, 0.2) is 54.9 Å². The van der Waals surface area contributed by atoms with Gasteiger partial charge in [-0.15, -0.1) is 0 Å². The quantitative estimate of drug-likeness (QED) is 0.712. The molecule has 0 radical (unpaired) electrons. The van der Waals surface area contributed by atoms with E-state index >= 15 is 0 Å². The standard InChI is InChI=1S/C19H18FN3/c20-16-12-17-19(22-13-16)18(6-9-21-17)23-10-7-15(8-11-23)14-4-2-1-3-5-14/h1-6,9,12-13,15H,7-8,10-11H2. The number of nitrogens with zero attached hydrogens (tertiary/aromatic N) is 3. The van der Waals surface area contributed by atoms with Gasteiger partial charge >= 0.3 is 0 Å². The molecule has 0 unspecified atom stereocenters. The van der Waals surface area contributed by atoms with Gasteiger partial charge in [0.25, 0.3) is 0 Å². The summed E-state index contributed by atoms with van der Waals surface area (Å²) in [5.41, 5.74) is 3.88. The monoisotopic (exact) mass is 307 g/mol. The number of rotatable bonds is 2. The Bertz CT molecular complexity index is 811. The number of hydrogen-bond donors (Lipinski definition) is 0. The van der Waals surface area contributed by atoms with Gasteiger partial charge in [0.15, 0.2) is 0 Å². The van der Waals surface area contributed by atoms with E-state index in [-0.39, 0.29) is 5.82 Å². The molecule has 0 bridgehead atoms. The van der Waals surface area contributed by atoms with Gasteiger partial charge in [0, 0.05) is 25.4 Å². The molecule has 2 aromatic heterocycles. The molecule has 4 heteroatoms. The minimum Gasteiger partial charge on any atom is -0.370 e. The maximum absolute atomic E-state index is 13.3. The molecule has 4 rings (SSSR count). The highest BCUT2D eigenvalue weighted by molar-refractivity contribution is 5.87. The summed E-state index contributed by atoms with van der Waals surface area (Å²) >= 11 is 0. The smallest absolute Gasteiger partial charge is 0.143 e. The third-order valence-electron chi connectivity index (χ3n) is 4.63. The van der Waals surface area contributed by atoms with Gasteiger partial charge in [-0.1, -0.05) is 30.3 Å². The van der Waals surface area contributed by atoms with Crippen LogP contribution in [0.5, 0.6) is 0 Å². The lowest BCUT2D eigenvalue weighted by Crippen LogP contribution is -2.33. The topological polar surface area (TPSA) is 29.0 Å². The Kier molecular flexibility index (Phi) is 3.66. The fourth-order valence-electron chi connectivity index (χ4n) is 3.43. The maximum atomic E-state index is 13.3. The van der Waals surface area contributed by atoms with Crippen LogP contribution in [-0.4, -0.2) is 23.1 Å².